The average Bonchev–Trinajstić information content (AvgIpc) is 2.66. The second kappa shape index (κ2) is 5.24. The van der Waals surface area contributed by atoms with Crippen LogP contribution in [0.2, 0.25) is 0 Å². The van der Waals surface area contributed by atoms with Crippen molar-refractivity contribution in [2.24, 2.45) is 5.73 Å². The molecule has 19 heavy (non-hydrogen) atoms. The summed E-state index contributed by atoms with van der Waals surface area (Å²) in [5, 5.41) is 0. The van der Waals surface area contributed by atoms with Crippen LogP contribution in [0.1, 0.15) is 6.92 Å². The predicted octanol–water partition coefficient (Wildman–Crippen LogP) is -0.663. The molecular weight excluding hydrogens is 286 g/mol. The number of carbonyl (C=O) groups is 3. The third kappa shape index (κ3) is 2.69. The molecule has 0 aromatic rings. The Morgan fingerprint density at radius 3 is 2.89 bits per heavy atom. The first-order valence-electron chi connectivity index (χ1n) is 5.92. The van der Waals surface area contributed by atoms with Crippen molar-refractivity contribution >= 4 is 41.2 Å². The Morgan fingerprint density at radius 2 is 2.26 bits per heavy atom. The minimum absolute atomic E-state index is 0.00502. The van der Waals surface area contributed by atoms with Gasteiger partial charge in [0.25, 0.3) is 0 Å². The van der Waals surface area contributed by atoms with Gasteiger partial charge in [0.05, 0.1) is 17.2 Å². The van der Waals surface area contributed by atoms with Gasteiger partial charge in [0.2, 0.25) is 17.7 Å². The number of hydrogen-bond donors (Lipinski definition) is 1. The molecule has 0 radical (unpaired) electrons. The van der Waals surface area contributed by atoms with Crippen molar-refractivity contribution < 1.29 is 14.4 Å². The van der Waals surface area contributed by atoms with Crippen molar-refractivity contribution in [2.45, 2.75) is 17.8 Å². The molecule has 0 unspecified atom stereocenters. The molecule has 0 aliphatic carbocycles. The summed E-state index contributed by atoms with van der Waals surface area (Å²) >= 11 is 3.23. The largest absolute Gasteiger partial charge is 0.368 e. The fourth-order valence-electron chi connectivity index (χ4n) is 2.43. The Hall–Kier alpha value is -0.890. The lowest BCUT2D eigenvalue weighted by molar-refractivity contribution is -0.145. The van der Waals surface area contributed by atoms with E-state index in [-0.39, 0.29) is 23.2 Å². The summed E-state index contributed by atoms with van der Waals surface area (Å²) in [5.41, 5.74) is 5.09. The second-order valence-electron chi connectivity index (χ2n) is 4.92. The fourth-order valence-corrected chi connectivity index (χ4v) is 5.12. The predicted molar refractivity (Wildman–Crippen MR) is 75.7 cm³/mol. The molecule has 8 heteroatoms. The molecule has 6 nitrogen and oxygen atoms in total. The summed E-state index contributed by atoms with van der Waals surface area (Å²) in [6, 6.07) is -0.479. The van der Waals surface area contributed by atoms with Crippen LogP contribution in [-0.4, -0.2) is 69.3 Å². The Kier molecular flexibility index (Phi) is 4.00. The zero-order valence-electron chi connectivity index (χ0n) is 10.9. The SMILES string of the molecule is CN(CC(N)=O)C(=O)[C@@H]1CS[C@@]2(C)CSCC(=O)N12. The highest BCUT2D eigenvalue weighted by atomic mass is 32.2. The van der Waals surface area contributed by atoms with Crippen molar-refractivity contribution in [3.05, 3.63) is 0 Å². The summed E-state index contributed by atoms with van der Waals surface area (Å²) in [6.45, 7) is 1.87. The van der Waals surface area contributed by atoms with Crippen LogP contribution in [0, 0.1) is 0 Å². The molecule has 0 bridgehead atoms. The second-order valence-corrected chi connectivity index (χ2v) is 7.41. The minimum atomic E-state index is -0.551. The van der Waals surface area contributed by atoms with E-state index in [1.807, 2.05) is 6.92 Å². The third-order valence-corrected chi connectivity index (χ3v) is 6.14. The Morgan fingerprint density at radius 1 is 1.58 bits per heavy atom. The van der Waals surface area contributed by atoms with Gasteiger partial charge in [-0.2, -0.15) is 0 Å². The number of carbonyl (C=O) groups excluding carboxylic acids is 3. The lowest BCUT2D eigenvalue weighted by Crippen LogP contribution is -2.58. The maximum absolute atomic E-state index is 12.3. The average molecular weight is 303 g/mol. The quantitative estimate of drug-likeness (QED) is 0.748. The molecule has 2 rings (SSSR count). The van der Waals surface area contributed by atoms with Gasteiger partial charge in [-0.05, 0) is 6.92 Å². The molecular formula is C11H17N3O3S2. The van der Waals surface area contributed by atoms with Gasteiger partial charge in [0.1, 0.15) is 6.04 Å². The molecule has 2 saturated heterocycles. The molecule has 0 aromatic carbocycles. The number of hydrogen-bond acceptors (Lipinski definition) is 5. The third-order valence-electron chi connectivity index (χ3n) is 3.29. The van der Waals surface area contributed by atoms with Gasteiger partial charge < -0.3 is 15.5 Å². The maximum Gasteiger partial charge on any atom is 0.246 e. The van der Waals surface area contributed by atoms with Crippen molar-refractivity contribution in [1.82, 2.24) is 9.80 Å². The van der Waals surface area contributed by atoms with Crippen LogP contribution in [0.15, 0.2) is 0 Å². The molecule has 2 aliphatic rings. The number of rotatable bonds is 3. The highest BCUT2D eigenvalue weighted by Gasteiger charge is 2.51. The van der Waals surface area contributed by atoms with Crippen LogP contribution in [0.5, 0.6) is 0 Å². The van der Waals surface area contributed by atoms with E-state index in [1.54, 1.807) is 28.4 Å². The number of amides is 3. The summed E-state index contributed by atoms with van der Waals surface area (Å²) < 4.78 is 0. The van der Waals surface area contributed by atoms with E-state index in [9.17, 15) is 14.4 Å². The van der Waals surface area contributed by atoms with E-state index in [0.29, 0.717) is 11.5 Å². The van der Waals surface area contributed by atoms with Crippen LogP contribution >= 0.6 is 23.5 Å². The summed E-state index contributed by atoms with van der Waals surface area (Å²) in [7, 11) is 1.54. The van der Waals surface area contributed by atoms with E-state index >= 15 is 0 Å². The highest BCUT2D eigenvalue weighted by molar-refractivity contribution is 8.04. The van der Waals surface area contributed by atoms with Crippen molar-refractivity contribution in [1.29, 1.82) is 0 Å². The van der Waals surface area contributed by atoms with Crippen molar-refractivity contribution in [2.75, 3.05) is 30.9 Å². The van der Waals surface area contributed by atoms with Crippen LogP contribution < -0.4 is 5.73 Å². The Labute approximate surface area is 120 Å². The maximum atomic E-state index is 12.3. The molecule has 106 valence electrons. The highest BCUT2D eigenvalue weighted by Crippen LogP contribution is 2.44. The molecule has 2 N–H and O–H groups in total. The lowest BCUT2D eigenvalue weighted by atomic mass is 10.2. The molecule has 2 aliphatic heterocycles. The molecule has 0 saturated carbocycles. The summed E-state index contributed by atoms with van der Waals surface area (Å²) in [4.78, 5) is 38.0. The van der Waals surface area contributed by atoms with Gasteiger partial charge in [-0.1, -0.05) is 0 Å². The molecule has 2 heterocycles. The molecule has 2 fully saturated rings. The fraction of sp³-hybridized carbons (Fsp3) is 0.727. The first-order valence-corrected chi connectivity index (χ1v) is 8.06. The zero-order chi connectivity index (χ0) is 14.2. The lowest BCUT2D eigenvalue weighted by Gasteiger charge is -2.40. The smallest absolute Gasteiger partial charge is 0.246 e. The topological polar surface area (TPSA) is 83.7 Å². The normalized spacial score (nSPS) is 30.1. The van der Waals surface area contributed by atoms with Crippen LogP contribution in [0.3, 0.4) is 0 Å². The Bertz CT molecular complexity index is 431. The number of nitrogens with two attached hydrogens (primary N) is 1. The number of thioether (sulfide) groups is 2. The van der Waals surface area contributed by atoms with Gasteiger partial charge in [-0.3, -0.25) is 14.4 Å². The minimum Gasteiger partial charge on any atom is -0.368 e. The zero-order valence-corrected chi connectivity index (χ0v) is 12.6. The first-order chi connectivity index (χ1) is 8.85. The van der Waals surface area contributed by atoms with Crippen molar-refractivity contribution in [3.63, 3.8) is 0 Å². The van der Waals surface area contributed by atoms with Gasteiger partial charge in [0.15, 0.2) is 0 Å². The van der Waals surface area contributed by atoms with Crippen LogP contribution in [0.25, 0.3) is 0 Å². The van der Waals surface area contributed by atoms with E-state index in [2.05, 4.69) is 0 Å². The number of nitrogens with zero attached hydrogens (tertiary/aromatic N) is 2. The summed E-state index contributed by atoms with van der Waals surface area (Å²) in [5.74, 6) is 1.05. The molecule has 3 amide bonds. The number of primary amides is 1. The molecule has 0 spiro atoms. The van der Waals surface area contributed by atoms with E-state index < -0.39 is 11.9 Å². The van der Waals surface area contributed by atoms with E-state index in [0.717, 1.165) is 5.75 Å². The monoisotopic (exact) mass is 303 g/mol. The summed E-state index contributed by atoms with van der Waals surface area (Å²) in [6.07, 6.45) is 0. The van der Waals surface area contributed by atoms with Crippen LogP contribution in [0.4, 0.5) is 0 Å². The van der Waals surface area contributed by atoms with Gasteiger partial charge in [0, 0.05) is 18.6 Å². The Balaban J connectivity index is 2.15. The number of fused-ring (bicyclic) bond motifs is 1. The molecule has 2 atom stereocenters. The van der Waals surface area contributed by atoms with E-state index in [4.69, 9.17) is 5.73 Å². The van der Waals surface area contributed by atoms with Crippen molar-refractivity contribution in [3.8, 4) is 0 Å². The number of likely N-dealkylation sites (N-methyl/N-ethyl adjacent to an activating group) is 1. The van der Waals surface area contributed by atoms with Gasteiger partial charge in [-0.25, -0.2) is 0 Å². The first kappa shape index (κ1) is 14.5. The van der Waals surface area contributed by atoms with Crippen LogP contribution in [-0.2, 0) is 14.4 Å². The van der Waals surface area contributed by atoms with E-state index in [1.165, 1.54) is 11.9 Å². The molecule has 0 aromatic heterocycles. The standard InChI is InChI=1S/C11H17N3O3S2/c1-11-6-18-5-9(16)14(11)7(4-19-11)10(17)13(2)3-8(12)15/h7H,3-6H2,1-2H3,(H2,12,15)/t7-,11-/m0/s1. The van der Waals surface area contributed by atoms with Gasteiger partial charge >= 0.3 is 0 Å². The van der Waals surface area contributed by atoms with Gasteiger partial charge in [-0.15, -0.1) is 23.5 Å².